The molecule has 112 valence electrons. The maximum Gasteiger partial charge on any atom is 0.293 e. The van der Waals surface area contributed by atoms with Crippen molar-refractivity contribution < 1.29 is 9.31 Å². The number of nitro benzene ring substituents is 1. The summed E-state index contributed by atoms with van der Waals surface area (Å²) in [5.74, 6) is -0.449. The van der Waals surface area contributed by atoms with Gasteiger partial charge in [0.1, 0.15) is 11.5 Å². The lowest BCUT2D eigenvalue weighted by molar-refractivity contribution is -0.384. The van der Waals surface area contributed by atoms with Crippen LogP contribution in [-0.4, -0.2) is 24.6 Å². The second kappa shape index (κ2) is 6.66. The van der Waals surface area contributed by atoms with E-state index in [0.717, 1.165) is 0 Å². The number of nitrogens with zero attached hydrogens (tertiary/aromatic N) is 2. The number of anilines is 1. The van der Waals surface area contributed by atoms with Crippen LogP contribution in [0.4, 0.5) is 15.8 Å². The van der Waals surface area contributed by atoms with Crippen LogP contribution in [0.5, 0.6) is 0 Å². The highest BCUT2D eigenvalue weighted by molar-refractivity contribution is 14.1. The second-order valence-corrected chi connectivity index (χ2v) is 6.56. The Morgan fingerprint density at radius 2 is 2.10 bits per heavy atom. The van der Waals surface area contributed by atoms with Crippen molar-refractivity contribution in [2.45, 2.75) is 20.8 Å². The molecular weight excluding hydrogens is 376 g/mol. The van der Waals surface area contributed by atoms with E-state index in [1.54, 1.807) is 27.5 Å². The van der Waals surface area contributed by atoms with E-state index in [9.17, 15) is 14.5 Å². The Balaban J connectivity index is 3.27. The zero-order valence-corrected chi connectivity index (χ0v) is 14.0. The lowest BCUT2D eigenvalue weighted by atomic mass is 9.93. The van der Waals surface area contributed by atoms with Crippen molar-refractivity contribution in [1.29, 1.82) is 0 Å². The molecule has 0 atom stereocenters. The third kappa shape index (κ3) is 4.02. The van der Waals surface area contributed by atoms with Gasteiger partial charge in [0, 0.05) is 25.2 Å². The highest BCUT2D eigenvalue weighted by Gasteiger charge is 2.26. The van der Waals surface area contributed by atoms with E-state index in [2.05, 4.69) is 0 Å². The Morgan fingerprint density at radius 3 is 2.55 bits per heavy atom. The van der Waals surface area contributed by atoms with Gasteiger partial charge >= 0.3 is 0 Å². The summed E-state index contributed by atoms with van der Waals surface area (Å²) < 4.78 is 14.0. The Hall–Kier alpha value is -0.960. The number of rotatable bonds is 6. The molecule has 1 aromatic rings. The number of nitro groups is 1. The van der Waals surface area contributed by atoms with Gasteiger partial charge in [-0.05, 0) is 41.5 Å². The Morgan fingerprint density at radius 1 is 1.50 bits per heavy atom. The van der Waals surface area contributed by atoms with E-state index < -0.39 is 10.7 Å². The van der Waals surface area contributed by atoms with E-state index in [1.165, 1.54) is 12.1 Å². The van der Waals surface area contributed by atoms with Crippen LogP contribution in [0.15, 0.2) is 12.1 Å². The van der Waals surface area contributed by atoms with E-state index >= 15 is 0 Å². The first-order valence-corrected chi connectivity index (χ1v) is 7.38. The van der Waals surface area contributed by atoms with Crippen molar-refractivity contribution in [3.63, 3.8) is 0 Å². The molecule has 0 saturated heterocycles. The third-order valence-corrected chi connectivity index (χ3v) is 3.93. The number of nitrogens with two attached hydrogens (primary N) is 1. The van der Waals surface area contributed by atoms with Gasteiger partial charge in [0.15, 0.2) is 0 Å². The molecule has 0 bridgehead atoms. The molecule has 1 rings (SSSR count). The largest absolute Gasteiger partial charge is 0.366 e. The molecule has 5 nitrogen and oxygen atoms in total. The molecule has 0 fully saturated rings. The summed E-state index contributed by atoms with van der Waals surface area (Å²) in [6, 6.07) is 2.50. The summed E-state index contributed by atoms with van der Waals surface area (Å²) in [7, 11) is 0. The highest BCUT2D eigenvalue weighted by Crippen LogP contribution is 2.33. The summed E-state index contributed by atoms with van der Waals surface area (Å²) in [4.78, 5) is 12.5. The molecule has 2 N–H and O–H groups in total. The predicted octanol–water partition coefficient (Wildman–Crippen LogP) is 3.15. The van der Waals surface area contributed by atoms with Gasteiger partial charge in [-0.1, -0.05) is 13.8 Å². The first kappa shape index (κ1) is 17.1. The van der Waals surface area contributed by atoms with Gasteiger partial charge in [0.2, 0.25) is 0 Å². The summed E-state index contributed by atoms with van der Waals surface area (Å²) in [5, 5.41) is 11.2. The zero-order chi connectivity index (χ0) is 15.5. The number of hydrogen-bond acceptors (Lipinski definition) is 4. The summed E-state index contributed by atoms with van der Waals surface area (Å²) >= 11 is 1.75. The van der Waals surface area contributed by atoms with Crippen LogP contribution < -0.4 is 10.6 Å². The van der Waals surface area contributed by atoms with Crippen LogP contribution in [0.3, 0.4) is 0 Å². The molecule has 20 heavy (non-hydrogen) atoms. The van der Waals surface area contributed by atoms with Crippen molar-refractivity contribution in [2.24, 2.45) is 11.1 Å². The van der Waals surface area contributed by atoms with Crippen molar-refractivity contribution in [3.8, 4) is 0 Å². The van der Waals surface area contributed by atoms with Crippen LogP contribution in [0, 0.1) is 24.9 Å². The van der Waals surface area contributed by atoms with Gasteiger partial charge in [-0.15, -0.1) is 0 Å². The Kier molecular flexibility index (Phi) is 5.69. The molecule has 0 amide bonds. The Labute approximate surface area is 131 Å². The van der Waals surface area contributed by atoms with E-state index in [-0.39, 0.29) is 14.7 Å². The molecule has 1 aromatic carbocycles. The molecule has 0 spiro atoms. The molecule has 0 unspecified atom stereocenters. The van der Waals surface area contributed by atoms with Crippen molar-refractivity contribution >= 4 is 34.0 Å². The molecule has 0 aliphatic carbocycles. The average Bonchev–Trinajstić information content (AvgIpc) is 2.38. The minimum Gasteiger partial charge on any atom is -0.366 e. The first-order valence-electron chi connectivity index (χ1n) is 6.30. The van der Waals surface area contributed by atoms with Gasteiger partial charge in [0.25, 0.3) is 5.69 Å². The maximum absolute atomic E-state index is 13.8. The van der Waals surface area contributed by atoms with E-state index in [4.69, 9.17) is 5.73 Å². The SMILES string of the molecule is CCN(CC(C)(C)CN)c1cc(F)c(I)cc1[N+](=O)[O-]. The molecular formula is C13H19FIN3O2. The number of hydrogen-bond donors (Lipinski definition) is 1. The second-order valence-electron chi connectivity index (χ2n) is 5.39. The monoisotopic (exact) mass is 395 g/mol. The fraction of sp³-hybridized carbons (Fsp3) is 0.538. The molecule has 0 radical (unpaired) electrons. The minimum absolute atomic E-state index is 0.0783. The molecule has 0 aliphatic rings. The first-order chi connectivity index (χ1) is 9.21. The van der Waals surface area contributed by atoms with Crippen LogP contribution in [0.25, 0.3) is 0 Å². The zero-order valence-electron chi connectivity index (χ0n) is 11.8. The average molecular weight is 395 g/mol. The third-order valence-electron chi connectivity index (χ3n) is 3.11. The summed E-state index contributed by atoms with van der Waals surface area (Å²) in [6.07, 6.45) is 0. The molecule has 0 aliphatic heterocycles. The standard InChI is InChI=1S/C13H19FIN3O2/c1-4-17(8-13(2,3)7-16)11-5-9(14)10(15)6-12(11)18(19)20/h5-6H,4,7-8,16H2,1-3H3. The molecule has 0 aromatic heterocycles. The maximum atomic E-state index is 13.8. The Bertz CT molecular complexity index is 509. The molecule has 7 heteroatoms. The summed E-state index contributed by atoms with van der Waals surface area (Å²) in [6.45, 7) is 7.36. The van der Waals surface area contributed by atoms with Crippen LogP contribution in [0.1, 0.15) is 20.8 Å². The smallest absolute Gasteiger partial charge is 0.293 e. The molecule has 0 heterocycles. The number of halogens is 2. The normalized spacial score (nSPS) is 11.5. The fourth-order valence-corrected chi connectivity index (χ4v) is 2.32. The summed E-state index contributed by atoms with van der Waals surface area (Å²) in [5.41, 5.74) is 5.72. The van der Waals surface area contributed by atoms with Crippen LogP contribution in [0.2, 0.25) is 0 Å². The van der Waals surface area contributed by atoms with Gasteiger partial charge in [-0.2, -0.15) is 0 Å². The lowest BCUT2D eigenvalue weighted by Crippen LogP contribution is -2.39. The van der Waals surface area contributed by atoms with Gasteiger partial charge in [-0.25, -0.2) is 4.39 Å². The van der Waals surface area contributed by atoms with Crippen LogP contribution in [-0.2, 0) is 0 Å². The lowest BCUT2D eigenvalue weighted by Gasteiger charge is -2.32. The van der Waals surface area contributed by atoms with Gasteiger partial charge < -0.3 is 10.6 Å². The quantitative estimate of drug-likeness (QED) is 0.456. The highest BCUT2D eigenvalue weighted by atomic mass is 127. The van der Waals surface area contributed by atoms with Gasteiger partial charge in [0.05, 0.1) is 8.49 Å². The van der Waals surface area contributed by atoms with Crippen molar-refractivity contribution in [3.05, 3.63) is 31.6 Å². The molecule has 0 saturated carbocycles. The van der Waals surface area contributed by atoms with Crippen molar-refractivity contribution in [1.82, 2.24) is 0 Å². The minimum atomic E-state index is -0.477. The van der Waals surface area contributed by atoms with Gasteiger partial charge in [-0.3, -0.25) is 10.1 Å². The van der Waals surface area contributed by atoms with Crippen molar-refractivity contribution in [2.75, 3.05) is 24.5 Å². The van der Waals surface area contributed by atoms with E-state index in [1.807, 2.05) is 20.8 Å². The predicted molar refractivity (Wildman–Crippen MR) is 86.5 cm³/mol. The van der Waals surface area contributed by atoms with E-state index in [0.29, 0.717) is 25.3 Å². The number of benzene rings is 1. The van der Waals surface area contributed by atoms with Crippen LogP contribution >= 0.6 is 22.6 Å². The topological polar surface area (TPSA) is 72.4 Å². The fourth-order valence-electron chi connectivity index (χ4n) is 1.87.